The lowest BCUT2D eigenvalue weighted by atomic mass is 10.1. The van der Waals surface area contributed by atoms with Crippen LogP contribution in [0, 0.1) is 10.1 Å². The third-order valence-electron chi connectivity index (χ3n) is 4.06. The molecule has 1 aromatic rings. The molecule has 0 saturated carbocycles. The van der Waals surface area contributed by atoms with Crippen molar-refractivity contribution >= 4 is 5.91 Å². The van der Waals surface area contributed by atoms with Gasteiger partial charge in [0.1, 0.15) is 18.5 Å². The number of amides is 1. The van der Waals surface area contributed by atoms with Crippen molar-refractivity contribution in [1.82, 2.24) is 10.6 Å². The Labute approximate surface area is 171 Å². The number of para-hydroxylation sites is 1. The van der Waals surface area contributed by atoms with Crippen LogP contribution in [0.15, 0.2) is 36.9 Å². The number of ether oxygens (including phenoxy) is 1. The van der Waals surface area contributed by atoms with Crippen LogP contribution < -0.4 is 15.4 Å². The molecular formula is C20H31N3O6. The van der Waals surface area contributed by atoms with Gasteiger partial charge in [0.05, 0.1) is 6.61 Å². The Balaban J connectivity index is 2.29. The Bertz CT molecular complexity index is 665. The zero-order chi connectivity index (χ0) is 21.7. The number of hydrogen-bond acceptors (Lipinski definition) is 7. The Morgan fingerprint density at radius 3 is 2.83 bits per heavy atom. The zero-order valence-corrected chi connectivity index (χ0v) is 17.1. The smallest absolute Gasteiger partial charge is 0.294 e. The van der Waals surface area contributed by atoms with Crippen molar-refractivity contribution in [3.05, 3.63) is 52.6 Å². The van der Waals surface area contributed by atoms with Gasteiger partial charge in [-0.1, -0.05) is 24.3 Å². The number of nitrogens with zero attached hydrogens (tertiary/aromatic N) is 1. The van der Waals surface area contributed by atoms with E-state index in [1.54, 1.807) is 6.08 Å². The van der Waals surface area contributed by atoms with Gasteiger partial charge in [0.2, 0.25) is 5.91 Å². The van der Waals surface area contributed by atoms with Gasteiger partial charge >= 0.3 is 0 Å². The van der Waals surface area contributed by atoms with Gasteiger partial charge in [0.15, 0.2) is 0 Å². The number of nitrogens with one attached hydrogen (secondary N) is 2. The first-order valence-corrected chi connectivity index (χ1v) is 9.52. The SMILES string of the molecule is C=CCc1ccccc1OCC(O)CNC(C)(C)CNC(=O)CCCO[N+](=O)[O-]. The predicted octanol–water partition coefficient (Wildman–Crippen LogP) is 1.63. The number of carbonyl (C=O) groups is 1. The Morgan fingerprint density at radius 2 is 2.14 bits per heavy atom. The number of rotatable bonds is 15. The minimum absolute atomic E-state index is 0.107. The van der Waals surface area contributed by atoms with E-state index in [2.05, 4.69) is 22.1 Å². The summed E-state index contributed by atoms with van der Waals surface area (Å²) in [6.45, 7) is 8.20. The summed E-state index contributed by atoms with van der Waals surface area (Å²) in [6.07, 6.45) is 2.18. The van der Waals surface area contributed by atoms with Gasteiger partial charge < -0.3 is 25.3 Å². The van der Waals surface area contributed by atoms with Crippen LogP contribution in [0.3, 0.4) is 0 Å². The Kier molecular flexibility index (Phi) is 10.7. The zero-order valence-electron chi connectivity index (χ0n) is 17.1. The second-order valence-corrected chi connectivity index (χ2v) is 7.27. The van der Waals surface area contributed by atoms with Crippen molar-refractivity contribution in [2.45, 2.75) is 44.8 Å². The van der Waals surface area contributed by atoms with E-state index in [0.29, 0.717) is 19.5 Å². The van der Waals surface area contributed by atoms with Crippen molar-refractivity contribution in [1.29, 1.82) is 0 Å². The Hall–Kier alpha value is -2.65. The minimum atomic E-state index is -0.877. The molecule has 29 heavy (non-hydrogen) atoms. The molecule has 1 amide bonds. The summed E-state index contributed by atoms with van der Waals surface area (Å²) in [5.74, 6) is 0.508. The molecule has 0 fully saturated rings. The molecule has 1 atom stereocenters. The number of benzene rings is 1. The minimum Gasteiger partial charge on any atom is -0.491 e. The van der Waals surface area contributed by atoms with E-state index >= 15 is 0 Å². The highest BCUT2D eigenvalue weighted by Crippen LogP contribution is 2.18. The molecule has 0 spiro atoms. The van der Waals surface area contributed by atoms with Crippen LogP contribution in [0.2, 0.25) is 0 Å². The number of allylic oxidation sites excluding steroid dienone is 1. The molecule has 0 aliphatic rings. The second kappa shape index (κ2) is 12.7. The first-order chi connectivity index (χ1) is 13.7. The molecule has 0 aliphatic heterocycles. The molecule has 9 heteroatoms. The van der Waals surface area contributed by atoms with E-state index in [4.69, 9.17) is 4.74 Å². The quantitative estimate of drug-likeness (QED) is 0.174. The highest BCUT2D eigenvalue weighted by atomic mass is 16.9. The molecule has 0 heterocycles. The van der Waals surface area contributed by atoms with Crippen LogP contribution in [-0.2, 0) is 16.1 Å². The molecule has 0 aromatic heterocycles. The van der Waals surface area contributed by atoms with Crippen molar-refractivity contribution in [3.8, 4) is 5.75 Å². The van der Waals surface area contributed by atoms with Gasteiger partial charge in [0.25, 0.3) is 5.09 Å². The molecule has 9 nitrogen and oxygen atoms in total. The molecule has 1 rings (SSSR count). The van der Waals surface area contributed by atoms with Crippen LogP contribution >= 0.6 is 0 Å². The first kappa shape index (κ1) is 24.4. The lowest BCUT2D eigenvalue weighted by Gasteiger charge is -2.28. The van der Waals surface area contributed by atoms with E-state index in [9.17, 15) is 20.0 Å². The number of aliphatic hydroxyl groups is 1. The highest BCUT2D eigenvalue weighted by Gasteiger charge is 2.20. The van der Waals surface area contributed by atoms with Crippen LogP contribution in [0.5, 0.6) is 5.75 Å². The highest BCUT2D eigenvalue weighted by molar-refractivity contribution is 5.75. The maximum atomic E-state index is 11.8. The van der Waals surface area contributed by atoms with Crippen LogP contribution in [0.1, 0.15) is 32.3 Å². The summed E-state index contributed by atoms with van der Waals surface area (Å²) in [4.78, 5) is 26.0. The van der Waals surface area contributed by atoms with Crippen molar-refractivity contribution < 1.29 is 24.6 Å². The second-order valence-electron chi connectivity index (χ2n) is 7.27. The fourth-order valence-corrected chi connectivity index (χ4v) is 2.45. The summed E-state index contributed by atoms with van der Waals surface area (Å²) in [5, 5.41) is 25.3. The molecule has 3 N–H and O–H groups in total. The normalized spacial score (nSPS) is 12.1. The maximum absolute atomic E-state index is 11.8. The summed E-state index contributed by atoms with van der Waals surface area (Å²) in [7, 11) is 0. The van der Waals surface area contributed by atoms with Crippen LogP contribution in [0.4, 0.5) is 0 Å². The number of carbonyl (C=O) groups excluding carboxylic acids is 1. The third-order valence-corrected chi connectivity index (χ3v) is 4.06. The molecule has 1 aromatic carbocycles. The van der Waals surface area contributed by atoms with Crippen LogP contribution in [-0.4, -0.2) is 54.0 Å². The van der Waals surface area contributed by atoms with Crippen LogP contribution in [0.25, 0.3) is 0 Å². The van der Waals surface area contributed by atoms with Gasteiger partial charge in [0, 0.05) is 25.0 Å². The fourth-order valence-electron chi connectivity index (χ4n) is 2.45. The number of β-amino-alcohol motifs (C(OH)–C–C–N with tert-alkyl or cyclic N) is 1. The average molecular weight is 409 g/mol. The lowest BCUT2D eigenvalue weighted by molar-refractivity contribution is -0.757. The topological polar surface area (TPSA) is 123 Å². The number of hydrogen-bond donors (Lipinski definition) is 3. The van der Waals surface area contributed by atoms with E-state index in [0.717, 1.165) is 11.3 Å². The van der Waals surface area contributed by atoms with Gasteiger partial charge in [-0.15, -0.1) is 16.7 Å². The van der Waals surface area contributed by atoms with E-state index in [1.165, 1.54) is 0 Å². The molecule has 0 saturated heterocycles. The molecular weight excluding hydrogens is 378 g/mol. The van der Waals surface area contributed by atoms with E-state index in [-0.39, 0.29) is 32.0 Å². The largest absolute Gasteiger partial charge is 0.491 e. The maximum Gasteiger partial charge on any atom is 0.294 e. The molecule has 0 radical (unpaired) electrons. The molecule has 0 aliphatic carbocycles. The van der Waals surface area contributed by atoms with Gasteiger partial charge in [-0.25, -0.2) is 0 Å². The fraction of sp³-hybridized carbons (Fsp3) is 0.550. The van der Waals surface area contributed by atoms with Crippen molar-refractivity contribution in [2.24, 2.45) is 0 Å². The summed E-state index contributed by atoms with van der Waals surface area (Å²) < 4.78 is 5.72. The molecule has 162 valence electrons. The monoisotopic (exact) mass is 409 g/mol. The van der Waals surface area contributed by atoms with Crippen molar-refractivity contribution in [2.75, 3.05) is 26.3 Å². The summed E-state index contributed by atoms with van der Waals surface area (Å²) in [5.41, 5.74) is 0.559. The van der Waals surface area contributed by atoms with Gasteiger partial charge in [-0.2, -0.15) is 0 Å². The van der Waals surface area contributed by atoms with Gasteiger partial charge in [-0.3, -0.25) is 4.79 Å². The standard InChI is InChI=1S/C20H31N3O6/c1-4-8-16-9-5-6-10-18(16)28-14-17(24)13-22-20(2,3)15-21-19(25)11-7-12-29-23(26)27/h4-6,9-10,17,22,24H,1,7-8,11-15H2,2-3H3,(H,21,25). The van der Waals surface area contributed by atoms with Crippen molar-refractivity contribution in [3.63, 3.8) is 0 Å². The average Bonchev–Trinajstić information content (AvgIpc) is 2.68. The van der Waals surface area contributed by atoms with Gasteiger partial charge in [-0.05, 0) is 38.3 Å². The first-order valence-electron chi connectivity index (χ1n) is 9.52. The third kappa shape index (κ3) is 11.1. The number of aliphatic hydroxyl groups excluding tert-OH is 1. The molecule has 1 unspecified atom stereocenters. The van der Waals surface area contributed by atoms with E-state index in [1.807, 2.05) is 38.1 Å². The summed E-state index contributed by atoms with van der Waals surface area (Å²) >= 11 is 0. The summed E-state index contributed by atoms with van der Waals surface area (Å²) in [6, 6.07) is 7.61. The Morgan fingerprint density at radius 1 is 1.41 bits per heavy atom. The lowest BCUT2D eigenvalue weighted by Crippen LogP contribution is -2.51. The predicted molar refractivity (Wildman–Crippen MR) is 109 cm³/mol. The van der Waals surface area contributed by atoms with E-state index < -0.39 is 16.7 Å². The molecule has 0 bridgehead atoms.